The molecule has 0 radical (unpaired) electrons. The predicted octanol–water partition coefficient (Wildman–Crippen LogP) is 1.54. The van der Waals surface area contributed by atoms with Crippen molar-refractivity contribution in [2.24, 2.45) is 0 Å². The van der Waals surface area contributed by atoms with Crippen LogP contribution in [-0.2, 0) is 9.84 Å². The molecule has 0 saturated heterocycles. The van der Waals surface area contributed by atoms with Crippen molar-refractivity contribution in [1.29, 1.82) is 0 Å². The molecule has 0 N–H and O–H groups in total. The van der Waals surface area contributed by atoms with E-state index in [1.54, 1.807) is 0 Å². The lowest BCUT2D eigenvalue weighted by atomic mass is 10.2. The molecule has 1 aromatic carbocycles. The molecule has 0 unspecified atom stereocenters. The van der Waals surface area contributed by atoms with Gasteiger partial charge in [0, 0.05) is 23.6 Å². The molecule has 0 spiro atoms. The third kappa shape index (κ3) is 4.46. The average Bonchev–Trinajstić information content (AvgIpc) is 2.27. The Morgan fingerprint density at radius 3 is 2.61 bits per heavy atom. The normalized spacial score (nSPS) is 11.2. The van der Waals surface area contributed by atoms with Crippen molar-refractivity contribution in [3.05, 3.63) is 33.9 Å². The van der Waals surface area contributed by atoms with Crippen LogP contribution < -0.4 is 0 Å². The molecule has 0 bridgehead atoms. The first kappa shape index (κ1) is 14.7. The van der Waals surface area contributed by atoms with Crippen LogP contribution in [0.1, 0.15) is 10.4 Å². The van der Waals surface area contributed by atoms with Crippen molar-refractivity contribution in [3.8, 4) is 0 Å². The highest BCUT2D eigenvalue weighted by Gasteiger charge is 2.15. The van der Waals surface area contributed by atoms with Crippen LogP contribution in [0.2, 0.25) is 0 Å². The van der Waals surface area contributed by atoms with Gasteiger partial charge in [-0.25, -0.2) is 8.42 Å². The smallest absolute Gasteiger partial charge is 0.283 e. The van der Waals surface area contributed by atoms with Gasteiger partial charge in [0.2, 0.25) is 0 Å². The quantitative estimate of drug-likeness (QED) is 0.341. The second kappa shape index (κ2) is 5.96. The molecule has 0 aliphatic heterocycles. The second-order valence-corrected chi connectivity index (χ2v) is 6.98. The van der Waals surface area contributed by atoms with Gasteiger partial charge in [0.05, 0.1) is 15.6 Å². The van der Waals surface area contributed by atoms with Gasteiger partial charge in [-0.05, 0) is 6.07 Å². The monoisotopic (exact) mass is 289 g/mol. The maximum Gasteiger partial charge on any atom is 0.283 e. The van der Waals surface area contributed by atoms with Gasteiger partial charge in [0.1, 0.15) is 16.1 Å². The molecule has 0 aliphatic carbocycles. The summed E-state index contributed by atoms with van der Waals surface area (Å²) in [4.78, 5) is 21.1. The molecule has 0 saturated carbocycles. The summed E-state index contributed by atoms with van der Waals surface area (Å²) in [6, 6.07) is 4.09. The second-order valence-electron chi connectivity index (χ2n) is 3.58. The van der Waals surface area contributed by atoms with Crippen LogP contribution in [-0.4, -0.2) is 37.4 Å². The first-order chi connectivity index (χ1) is 8.33. The minimum absolute atomic E-state index is 0.0513. The standard InChI is InChI=1S/C10H11NO5S2/c1-18(15,16)5-4-17-10-3-2-8(7-12)6-9(10)11(13)14/h2-3,6-7H,4-5H2,1H3. The van der Waals surface area contributed by atoms with Crippen molar-refractivity contribution < 1.29 is 18.1 Å². The average molecular weight is 289 g/mol. The van der Waals surface area contributed by atoms with Crippen molar-refractivity contribution in [3.63, 3.8) is 0 Å². The minimum atomic E-state index is -3.09. The predicted molar refractivity (Wildman–Crippen MR) is 68.9 cm³/mol. The Kier molecular flexibility index (Phi) is 4.85. The molecule has 1 aromatic rings. The van der Waals surface area contributed by atoms with Gasteiger partial charge in [-0.1, -0.05) is 6.07 Å². The Bertz CT molecular complexity index is 568. The van der Waals surface area contributed by atoms with Crippen LogP contribution in [0, 0.1) is 10.1 Å². The fourth-order valence-corrected chi connectivity index (χ4v) is 3.39. The lowest BCUT2D eigenvalue weighted by Gasteiger charge is -2.03. The molecule has 0 heterocycles. The van der Waals surface area contributed by atoms with Gasteiger partial charge in [-0.3, -0.25) is 14.9 Å². The number of nitro benzene ring substituents is 1. The summed E-state index contributed by atoms with van der Waals surface area (Å²) in [6.07, 6.45) is 1.63. The fraction of sp³-hybridized carbons (Fsp3) is 0.300. The number of aldehydes is 1. The molecule has 6 nitrogen and oxygen atoms in total. The Hall–Kier alpha value is -1.41. The fourth-order valence-electron chi connectivity index (χ4n) is 1.18. The van der Waals surface area contributed by atoms with Gasteiger partial charge >= 0.3 is 0 Å². The van der Waals surface area contributed by atoms with Gasteiger partial charge in [0.25, 0.3) is 5.69 Å². The Balaban J connectivity index is 2.88. The van der Waals surface area contributed by atoms with E-state index in [1.165, 1.54) is 18.2 Å². The van der Waals surface area contributed by atoms with E-state index in [-0.39, 0.29) is 22.8 Å². The molecule has 0 fully saturated rings. The highest BCUT2D eigenvalue weighted by atomic mass is 32.2. The summed E-state index contributed by atoms with van der Waals surface area (Å²) in [7, 11) is -3.09. The SMILES string of the molecule is CS(=O)(=O)CCSc1ccc(C=O)cc1[N+](=O)[O-]. The van der Waals surface area contributed by atoms with E-state index < -0.39 is 14.8 Å². The number of carbonyl (C=O) groups is 1. The van der Waals surface area contributed by atoms with Crippen molar-refractivity contribution >= 4 is 33.6 Å². The van der Waals surface area contributed by atoms with Crippen LogP contribution in [0.25, 0.3) is 0 Å². The van der Waals surface area contributed by atoms with Crippen LogP contribution in [0.15, 0.2) is 23.1 Å². The van der Waals surface area contributed by atoms with Gasteiger partial charge in [-0.2, -0.15) is 0 Å². The maximum absolute atomic E-state index is 10.9. The number of nitro groups is 1. The van der Waals surface area contributed by atoms with Crippen molar-refractivity contribution in [2.45, 2.75) is 4.90 Å². The van der Waals surface area contributed by atoms with E-state index in [0.29, 0.717) is 11.2 Å². The lowest BCUT2D eigenvalue weighted by Crippen LogP contribution is -2.05. The van der Waals surface area contributed by atoms with E-state index in [9.17, 15) is 23.3 Å². The molecule has 18 heavy (non-hydrogen) atoms. The molecule has 0 aliphatic rings. The summed E-state index contributed by atoms with van der Waals surface area (Å²) >= 11 is 1.08. The van der Waals surface area contributed by atoms with Gasteiger partial charge < -0.3 is 0 Å². The summed E-state index contributed by atoms with van der Waals surface area (Å²) in [5, 5.41) is 10.8. The first-order valence-corrected chi connectivity index (χ1v) is 7.92. The first-order valence-electron chi connectivity index (χ1n) is 4.87. The number of carbonyl (C=O) groups excluding carboxylic acids is 1. The molecule has 0 atom stereocenters. The number of sulfone groups is 1. The molecule has 0 amide bonds. The largest absolute Gasteiger partial charge is 0.298 e. The molecule has 1 rings (SSSR count). The topological polar surface area (TPSA) is 94.3 Å². The molecule has 8 heteroatoms. The third-order valence-electron chi connectivity index (χ3n) is 2.03. The Morgan fingerprint density at radius 2 is 2.11 bits per heavy atom. The summed E-state index contributed by atoms with van der Waals surface area (Å²) in [5.41, 5.74) is 0.0345. The number of nitrogens with zero attached hydrogens (tertiary/aromatic N) is 1. The zero-order chi connectivity index (χ0) is 13.8. The summed E-state index contributed by atoms with van der Waals surface area (Å²) < 4.78 is 21.9. The molecule has 0 aromatic heterocycles. The van der Waals surface area contributed by atoms with E-state index in [1.807, 2.05) is 0 Å². The van der Waals surface area contributed by atoms with Crippen LogP contribution in [0.3, 0.4) is 0 Å². The zero-order valence-electron chi connectivity index (χ0n) is 9.53. The van der Waals surface area contributed by atoms with Gasteiger partial charge in [-0.15, -0.1) is 11.8 Å². The van der Waals surface area contributed by atoms with E-state index >= 15 is 0 Å². The Morgan fingerprint density at radius 1 is 1.44 bits per heavy atom. The number of hydrogen-bond donors (Lipinski definition) is 0. The zero-order valence-corrected chi connectivity index (χ0v) is 11.2. The van der Waals surface area contributed by atoms with E-state index in [0.717, 1.165) is 18.0 Å². The summed E-state index contributed by atoms with van der Waals surface area (Å²) in [5.74, 6) is 0.185. The maximum atomic E-state index is 10.9. The van der Waals surface area contributed by atoms with Crippen molar-refractivity contribution in [1.82, 2.24) is 0 Å². The van der Waals surface area contributed by atoms with Crippen LogP contribution >= 0.6 is 11.8 Å². The number of thioether (sulfide) groups is 1. The molecule has 98 valence electrons. The highest BCUT2D eigenvalue weighted by molar-refractivity contribution is 8.00. The van der Waals surface area contributed by atoms with E-state index in [4.69, 9.17) is 0 Å². The molecular weight excluding hydrogens is 278 g/mol. The number of benzene rings is 1. The molecular formula is C10H11NO5S2. The minimum Gasteiger partial charge on any atom is -0.298 e. The lowest BCUT2D eigenvalue weighted by molar-refractivity contribution is -0.387. The van der Waals surface area contributed by atoms with Crippen LogP contribution in [0.5, 0.6) is 0 Å². The third-order valence-corrected chi connectivity index (χ3v) is 4.30. The highest BCUT2D eigenvalue weighted by Crippen LogP contribution is 2.29. The van der Waals surface area contributed by atoms with Gasteiger partial charge in [0.15, 0.2) is 0 Å². The number of hydrogen-bond acceptors (Lipinski definition) is 6. The number of rotatable bonds is 6. The van der Waals surface area contributed by atoms with Crippen molar-refractivity contribution in [2.75, 3.05) is 17.8 Å². The summed E-state index contributed by atoms with van der Waals surface area (Å²) in [6.45, 7) is 0. The van der Waals surface area contributed by atoms with Crippen LogP contribution in [0.4, 0.5) is 5.69 Å². The Labute approximate surface area is 108 Å². The van der Waals surface area contributed by atoms with E-state index in [2.05, 4.69) is 0 Å².